The molecule has 2 heterocycles. The van der Waals surface area contributed by atoms with E-state index in [9.17, 15) is 4.79 Å². The number of likely N-dealkylation sites (tertiary alicyclic amines) is 1. The number of nitrogens with zero attached hydrogens (tertiary/aromatic N) is 2. The maximum atomic E-state index is 12.2. The van der Waals surface area contributed by atoms with Gasteiger partial charge in [-0.2, -0.15) is 5.06 Å². The molecule has 1 amide bonds. The van der Waals surface area contributed by atoms with Crippen LogP contribution in [0, 0.1) is 0 Å². The quantitative estimate of drug-likeness (QED) is 0.823. The minimum absolute atomic E-state index is 0.157. The predicted molar refractivity (Wildman–Crippen MR) is 99.1 cm³/mol. The van der Waals surface area contributed by atoms with Crippen LogP contribution in [0.2, 0.25) is 0 Å². The summed E-state index contributed by atoms with van der Waals surface area (Å²) < 4.78 is 0. The molecule has 0 saturated carbocycles. The van der Waals surface area contributed by atoms with E-state index in [1.54, 1.807) is 0 Å². The van der Waals surface area contributed by atoms with E-state index in [0.717, 1.165) is 58.5 Å². The fraction of sp³-hybridized carbons (Fsp3) is 0.650. The van der Waals surface area contributed by atoms with Crippen molar-refractivity contribution in [2.45, 2.75) is 44.6 Å². The second kappa shape index (κ2) is 9.90. The van der Waals surface area contributed by atoms with E-state index in [1.807, 2.05) is 5.06 Å². The second-order valence-electron chi connectivity index (χ2n) is 7.16. The van der Waals surface area contributed by atoms with Crippen LogP contribution in [0.15, 0.2) is 30.3 Å². The van der Waals surface area contributed by atoms with Gasteiger partial charge in [0.25, 0.3) is 0 Å². The normalized spacial score (nSPS) is 22.6. The van der Waals surface area contributed by atoms with Crippen molar-refractivity contribution in [2.24, 2.45) is 0 Å². The zero-order chi connectivity index (χ0) is 17.3. The Kier molecular flexibility index (Phi) is 7.27. The molecule has 138 valence electrons. The van der Waals surface area contributed by atoms with E-state index in [1.165, 1.54) is 12.0 Å². The Bertz CT molecular complexity index is 517. The fourth-order valence-corrected chi connectivity index (χ4v) is 3.66. The number of hydrogen-bond donors (Lipinski definition) is 1. The lowest BCUT2D eigenvalue weighted by molar-refractivity contribution is -0.181. The van der Waals surface area contributed by atoms with E-state index < -0.39 is 0 Å². The van der Waals surface area contributed by atoms with E-state index in [0.29, 0.717) is 19.0 Å². The molecule has 0 spiro atoms. The summed E-state index contributed by atoms with van der Waals surface area (Å²) in [6.45, 7) is 5.62. The standard InChI is InChI=1S/C20H31N3O2/c24-20(11-15-23-13-4-5-16-25-23)21-19-9-6-12-22(17-19)14-10-18-7-2-1-3-8-18/h1-3,7-8,19H,4-6,9-17H2,(H,21,24)/t19-/m1/s1. The first-order chi connectivity index (χ1) is 12.3. The third kappa shape index (κ3) is 6.42. The molecule has 0 aliphatic carbocycles. The molecule has 0 unspecified atom stereocenters. The maximum Gasteiger partial charge on any atom is 0.221 e. The summed E-state index contributed by atoms with van der Waals surface area (Å²) in [6.07, 6.45) is 6.15. The van der Waals surface area contributed by atoms with Gasteiger partial charge in [0.2, 0.25) is 5.91 Å². The molecule has 0 bridgehead atoms. The lowest BCUT2D eigenvalue weighted by Crippen LogP contribution is -2.48. The lowest BCUT2D eigenvalue weighted by atomic mass is 10.0. The maximum absolute atomic E-state index is 12.2. The molecule has 2 fully saturated rings. The van der Waals surface area contributed by atoms with Crippen LogP contribution in [-0.4, -0.2) is 61.2 Å². The molecule has 0 aromatic heterocycles. The molecule has 3 rings (SSSR count). The number of carbonyl (C=O) groups excluding carboxylic acids is 1. The van der Waals surface area contributed by atoms with Crippen LogP contribution in [0.25, 0.3) is 0 Å². The van der Waals surface area contributed by atoms with Gasteiger partial charge in [-0.05, 0) is 44.2 Å². The van der Waals surface area contributed by atoms with Crippen molar-refractivity contribution in [3.63, 3.8) is 0 Å². The Morgan fingerprint density at radius 3 is 2.80 bits per heavy atom. The van der Waals surface area contributed by atoms with E-state index in [-0.39, 0.29) is 5.91 Å². The van der Waals surface area contributed by atoms with Gasteiger partial charge in [0.1, 0.15) is 0 Å². The van der Waals surface area contributed by atoms with Gasteiger partial charge in [-0.3, -0.25) is 9.63 Å². The van der Waals surface area contributed by atoms with Crippen LogP contribution in [0.1, 0.15) is 37.7 Å². The molecular formula is C20H31N3O2. The molecule has 1 aromatic carbocycles. The van der Waals surface area contributed by atoms with Crippen LogP contribution in [0.5, 0.6) is 0 Å². The van der Waals surface area contributed by atoms with Crippen molar-refractivity contribution in [1.29, 1.82) is 0 Å². The minimum Gasteiger partial charge on any atom is -0.352 e. The number of hydrogen-bond acceptors (Lipinski definition) is 4. The van der Waals surface area contributed by atoms with Gasteiger partial charge in [0.05, 0.1) is 6.61 Å². The molecule has 5 nitrogen and oxygen atoms in total. The van der Waals surface area contributed by atoms with Gasteiger partial charge >= 0.3 is 0 Å². The van der Waals surface area contributed by atoms with E-state index in [2.05, 4.69) is 40.5 Å². The molecule has 1 atom stereocenters. The summed E-state index contributed by atoms with van der Waals surface area (Å²) in [6, 6.07) is 10.9. The topological polar surface area (TPSA) is 44.8 Å². The Balaban J connectivity index is 1.35. The molecule has 0 radical (unpaired) electrons. The molecule has 2 aliphatic rings. The summed E-state index contributed by atoms with van der Waals surface area (Å²) in [7, 11) is 0. The van der Waals surface area contributed by atoms with Gasteiger partial charge in [0, 0.05) is 38.6 Å². The van der Waals surface area contributed by atoms with Gasteiger partial charge in [-0.15, -0.1) is 0 Å². The third-order valence-electron chi connectivity index (χ3n) is 5.09. The number of hydroxylamine groups is 2. The van der Waals surface area contributed by atoms with Crippen molar-refractivity contribution < 1.29 is 9.63 Å². The summed E-state index contributed by atoms with van der Waals surface area (Å²) in [5, 5.41) is 5.16. The molecular weight excluding hydrogens is 314 g/mol. The van der Waals surface area contributed by atoms with Crippen LogP contribution >= 0.6 is 0 Å². The highest BCUT2D eigenvalue weighted by Gasteiger charge is 2.21. The highest BCUT2D eigenvalue weighted by molar-refractivity contribution is 5.76. The molecule has 1 aromatic rings. The first-order valence-corrected chi connectivity index (χ1v) is 9.73. The fourth-order valence-electron chi connectivity index (χ4n) is 3.66. The summed E-state index contributed by atoms with van der Waals surface area (Å²) in [5.74, 6) is 0.157. The number of amides is 1. The molecule has 1 N–H and O–H groups in total. The van der Waals surface area contributed by atoms with E-state index in [4.69, 9.17) is 4.84 Å². The van der Waals surface area contributed by atoms with Crippen molar-refractivity contribution in [3.8, 4) is 0 Å². The third-order valence-corrected chi connectivity index (χ3v) is 5.09. The first-order valence-electron chi connectivity index (χ1n) is 9.73. The number of rotatable bonds is 7. The van der Waals surface area contributed by atoms with Gasteiger partial charge in [-0.25, -0.2) is 0 Å². The largest absolute Gasteiger partial charge is 0.352 e. The van der Waals surface area contributed by atoms with Crippen molar-refractivity contribution in [1.82, 2.24) is 15.3 Å². The monoisotopic (exact) mass is 345 g/mol. The highest BCUT2D eigenvalue weighted by atomic mass is 16.7. The lowest BCUT2D eigenvalue weighted by Gasteiger charge is -2.33. The molecule has 2 saturated heterocycles. The minimum atomic E-state index is 0.157. The molecule has 2 aliphatic heterocycles. The average molecular weight is 345 g/mol. The number of piperidine rings is 1. The Labute approximate surface area is 151 Å². The van der Waals surface area contributed by atoms with Crippen LogP contribution in [0.4, 0.5) is 0 Å². The van der Waals surface area contributed by atoms with Gasteiger partial charge < -0.3 is 10.2 Å². The molecule has 5 heteroatoms. The van der Waals surface area contributed by atoms with Crippen molar-refractivity contribution >= 4 is 5.91 Å². The zero-order valence-corrected chi connectivity index (χ0v) is 15.2. The Morgan fingerprint density at radius 1 is 1.12 bits per heavy atom. The Morgan fingerprint density at radius 2 is 2.00 bits per heavy atom. The SMILES string of the molecule is O=C(CCN1CCCCO1)N[C@@H]1CCCN(CCc2ccccc2)C1. The number of nitrogens with one attached hydrogen (secondary N) is 1. The zero-order valence-electron chi connectivity index (χ0n) is 15.2. The summed E-state index contributed by atoms with van der Waals surface area (Å²) in [4.78, 5) is 20.3. The van der Waals surface area contributed by atoms with E-state index >= 15 is 0 Å². The van der Waals surface area contributed by atoms with Crippen molar-refractivity contribution in [3.05, 3.63) is 35.9 Å². The summed E-state index contributed by atoms with van der Waals surface area (Å²) in [5.41, 5.74) is 1.38. The van der Waals surface area contributed by atoms with Gasteiger partial charge in [-0.1, -0.05) is 30.3 Å². The summed E-state index contributed by atoms with van der Waals surface area (Å²) >= 11 is 0. The first kappa shape index (κ1) is 18.4. The smallest absolute Gasteiger partial charge is 0.221 e. The second-order valence-corrected chi connectivity index (χ2v) is 7.16. The number of benzene rings is 1. The van der Waals surface area contributed by atoms with Crippen LogP contribution in [-0.2, 0) is 16.1 Å². The van der Waals surface area contributed by atoms with Gasteiger partial charge in [0.15, 0.2) is 0 Å². The highest BCUT2D eigenvalue weighted by Crippen LogP contribution is 2.12. The Hall–Kier alpha value is -1.43. The van der Waals surface area contributed by atoms with Crippen molar-refractivity contribution in [2.75, 3.05) is 39.3 Å². The predicted octanol–water partition coefficient (Wildman–Crippen LogP) is 2.23. The van der Waals surface area contributed by atoms with Crippen LogP contribution in [0.3, 0.4) is 0 Å². The molecule has 25 heavy (non-hydrogen) atoms. The number of carbonyl (C=O) groups is 1. The van der Waals surface area contributed by atoms with Crippen LogP contribution < -0.4 is 5.32 Å². The average Bonchev–Trinajstić information content (AvgIpc) is 2.67.